The fourth-order valence-corrected chi connectivity index (χ4v) is 4.54. The third kappa shape index (κ3) is 7.30. The molecule has 0 aliphatic carbocycles. The predicted molar refractivity (Wildman–Crippen MR) is 137 cm³/mol. The van der Waals surface area contributed by atoms with Crippen LogP contribution in [-0.4, -0.2) is 46.8 Å². The molecule has 0 atom stereocenters. The maximum atomic E-state index is 13.4. The van der Waals surface area contributed by atoms with Crippen LogP contribution in [0.5, 0.6) is 5.75 Å². The molecule has 0 aliphatic rings. The highest BCUT2D eigenvalue weighted by atomic mass is 35.5. The van der Waals surface area contributed by atoms with Crippen LogP contribution in [0, 0.1) is 6.92 Å². The number of hydrogen-bond acceptors (Lipinski definition) is 7. The van der Waals surface area contributed by atoms with Crippen molar-refractivity contribution in [2.45, 2.75) is 11.8 Å². The van der Waals surface area contributed by atoms with Crippen LogP contribution in [0.2, 0.25) is 5.02 Å². The number of carbonyl (C=O) groups is 2. The second-order valence-corrected chi connectivity index (χ2v) is 9.83. The number of amides is 1. The standard InChI is InChI=1S/C25H24ClN3O6S/c1-18-6-12-23(13-7-18)36(32,33)29(21-10-8-20(26)9-11-21)16-24(30)28-27-15-19-4-3-5-22(14-19)35-17-25(31)34-2/h3-15H,16-17H2,1-2H3,(H,28,30)/b27-15+. The van der Waals surface area contributed by atoms with Gasteiger partial charge in [0.05, 0.1) is 23.9 Å². The topological polar surface area (TPSA) is 114 Å². The van der Waals surface area contributed by atoms with E-state index in [4.69, 9.17) is 16.3 Å². The molecule has 36 heavy (non-hydrogen) atoms. The first-order chi connectivity index (χ1) is 17.2. The van der Waals surface area contributed by atoms with Crippen LogP contribution in [0.15, 0.2) is 82.8 Å². The van der Waals surface area contributed by atoms with E-state index in [0.717, 1.165) is 9.87 Å². The van der Waals surface area contributed by atoms with Gasteiger partial charge in [0.25, 0.3) is 15.9 Å². The second-order valence-electron chi connectivity index (χ2n) is 7.53. The number of esters is 1. The molecule has 0 saturated carbocycles. The normalized spacial score (nSPS) is 11.2. The number of carbonyl (C=O) groups excluding carboxylic acids is 2. The smallest absolute Gasteiger partial charge is 0.343 e. The minimum absolute atomic E-state index is 0.0446. The summed E-state index contributed by atoms with van der Waals surface area (Å²) in [5, 5.41) is 4.34. The number of methoxy groups -OCH3 is 1. The Kier molecular flexibility index (Phi) is 9.04. The maximum absolute atomic E-state index is 13.4. The lowest BCUT2D eigenvalue weighted by Crippen LogP contribution is -2.39. The molecule has 9 nitrogen and oxygen atoms in total. The second kappa shape index (κ2) is 12.2. The van der Waals surface area contributed by atoms with E-state index in [9.17, 15) is 18.0 Å². The summed E-state index contributed by atoms with van der Waals surface area (Å²) in [5.41, 5.74) is 4.09. The van der Waals surface area contributed by atoms with E-state index >= 15 is 0 Å². The molecular formula is C25H24ClN3O6S. The van der Waals surface area contributed by atoms with Crippen molar-refractivity contribution in [1.82, 2.24) is 5.43 Å². The molecule has 0 bridgehead atoms. The molecule has 0 saturated heterocycles. The number of nitrogens with zero attached hydrogens (tertiary/aromatic N) is 2. The van der Waals surface area contributed by atoms with Crippen LogP contribution in [0.3, 0.4) is 0 Å². The molecule has 0 radical (unpaired) electrons. The summed E-state index contributed by atoms with van der Waals surface area (Å²) < 4.78 is 37.5. The lowest BCUT2D eigenvalue weighted by atomic mass is 10.2. The van der Waals surface area contributed by atoms with Crippen molar-refractivity contribution in [1.29, 1.82) is 0 Å². The van der Waals surface area contributed by atoms with E-state index in [2.05, 4.69) is 15.3 Å². The number of rotatable bonds is 10. The maximum Gasteiger partial charge on any atom is 0.343 e. The summed E-state index contributed by atoms with van der Waals surface area (Å²) >= 11 is 5.95. The van der Waals surface area contributed by atoms with Crippen molar-refractivity contribution in [2.24, 2.45) is 5.10 Å². The highest BCUT2D eigenvalue weighted by molar-refractivity contribution is 7.92. The van der Waals surface area contributed by atoms with E-state index in [0.29, 0.717) is 16.3 Å². The predicted octanol–water partition coefficient (Wildman–Crippen LogP) is 3.55. The number of anilines is 1. The third-order valence-corrected chi connectivity index (χ3v) is 6.90. The van der Waals surface area contributed by atoms with Gasteiger partial charge in [-0.3, -0.25) is 9.10 Å². The fourth-order valence-electron chi connectivity index (χ4n) is 2.99. The molecule has 0 aromatic heterocycles. The van der Waals surface area contributed by atoms with Crippen LogP contribution in [0.1, 0.15) is 11.1 Å². The summed E-state index contributed by atoms with van der Waals surface area (Å²) in [6.45, 7) is 1.08. The number of hydrogen-bond donors (Lipinski definition) is 1. The quantitative estimate of drug-likeness (QED) is 0.244. The largest absolute Gasteiger partial charge is 0.482 e. The Balaban J connectivity index is 1.74. The number of nitrogens with one attached hydrogen (secondary N) is 1. The molecule has 1 N–H and O–H groups in total. The Morgan fingerprint density at radius 2 is 1.75 bits per heavy atom. The van der Waals surface area contributed by atoms with Gasteiger partial charge in [-0.15, -0.1) is 0 Å². The molecule has 0 unspecified atom stereocenters. The zero-order valence-electron chi connectivity index (χ0n) is 19.5. The van der Waals surface area contributed by atoms with Crippen LogP contribution < -0.4 is 14.5 Å². The molecule has 188 valence electrons. The molecular weight excluding hydrogens is 506 g/mol. The van der Waals surface area contributed by atoms with Crippen molar-refractivity contribution in [3.63, 3.8) is 0 Å². The summed E-state index contributed by atoms with van der Waals surface area (Å²) in [4.78, 5) is 23.9. The number of benzene rings is 3. The fraction of sp³-hybridized carbons (Fsp3) is 0.160. The first-order valence-electron chi connectivity index (χ1n) is 10.7. The first-order valence-corrected chi connectivity index (χ1v) is 12.5. The molecule has 3 aromatic rings. The van der Waals surface area contributed by atoms with Gasteiger partial charge >= 0.3 is 5.97 Å². The van der Waals surface area contributed by atoms with Gasteiger partial charge < -0.3 is 9.47 Å². The molecule has 3 rings (SSSR count). The van der Waals surface area contributed by atoms with Gasteiger partial charge in [-0.05, 0) is 61.0 Å². The molecule has 0 fully saturated rings. The number of ether oxygens (including phenoxy) is 2. The first kappa shape index (κ1) is 26.7. The van der Waals surface area contributed by atoms with E-state index in [1.807, 2.05) is 6.92 Å². The Morgan fingerprint density at radius 1 is 1.06 bits per heavy atom. The average Bonchev–Trinajstić information content (AvgIpc) is 2.87. The lowest BCUT2D eigenvalue weighted by molar-refractivity contribution is -0.142. The van der Waals surface area contributed by atoms with Gasteiger partial charge in [-0.25, -0.2) is 18.6 Å². The highest BCUT2D eigenvalue weighted by Gasteiger charge is 2.27. The Morgan fingerprint density at radius 3 is 2.42 bits per heavy atom. The molecule has 0 spiro atoms. The lowest BCUT2D eigenvalue weighted by Gasteiger charge is -2.23. The third-order valence-electron chi connectivity index (χ3n) is 4.86. The number of sulfonamides is 1. The van der Waals surface area contributed by atoms with Gasteiger partial charge in [-0.2, -0.15) is 5.10 Å². The van der Waals surface area contributed by atoms with Crippen molar-refractivity contribution in [3.05, 3.63) is 88.9 Å². The summed E-state index contributed by atoms with van der Waals surface area (Å²) in [7, 11) is -2.79. The van der Waals surface area contributed by atoms with Crippen molar-refractivity contribution >= 4 is 45.4 Å². The number of halogens is 1. The number of aryl methyl sites for hydroxylation is 1. The van der Waals surface area contributed by atoms with E-state index in [1.54, 1.807) is 48.5 Å². The van der Waals surface area contributed by atoms with Crippen LogP contribution >= 0.6 is 11.6 Å². The van der Waals surface area contributed by atoms with Crippen molar-refractivity contribution in [2.75, 3.05) is 24.6 Å². The summed E-state index contributed by atoms with van der Waals surface area (Å²) in [6, 6.07) is 19.1. The minimum Gasteiger partial charge on any atom is -0.482 e. The van der Waals surface area contributed by atoms with E-state index < -0.39 is 28.4 Å². The molecule has 0 aliphatic heterocycles. The van der Waals surface area contributed by atoms with E-state index in [1.165, 1.54) is 37.6 Å². The highest BCUT2D eigenvalue weighted by Crippen LogP contribution is 2.25. The SMILES string of the molecule is COC(=O)COc1cccc(/C=N/NC(=O)CN(c2ccc(Cl)cc2)S(=O)(=O)c2ccc(C)cc2)c1. The Hall–Kier alpha value is -3.89. The summed E-state index contributed by atoms with van der Waals surface area (Å²) in [6.07, 6.45) is 1.37. The molecule has 3 aromatic carbocycles. The van der Waals surface area contributed by atoms with Gasteiger partial charge in [0.2, 0.25) is 0 Å². The minimum atomic E-state index is -4.05. The van der Waals surface area contributed by atoms with Crippen LogP contribution in [0.25, 0.3) is 0 Å². The Bertz CT molecular complexity index is 1340. The van der Waals surface area contributed by atoms with Gasteiger partial charge in [0.15, 0.2) is 6.61 Å². The van der Waals surface area contributed by atoms with Crippen LogP contribution in [0.4, 0.5) is 5.69 Å². The van der Waals surface area contributed by atoms with E-state index in [-0.39, 0.29) is 17.2 Å². The summed E-state index contributed by atoms with van der Waals surface area (Å²) in [5.74, 6) is -0.768. The molecule has 0 heterocycles. The van der Waals surface area contributed by atoms with Crippen molar-refractivity contribution in [3.8, 4) is 5.75 Å². The van der Waals surface area contributed by atoms with Gasteiger partial charge in [0.1, 0.15) is 12.3 Å². The Labute approximate surface area is 214 Å². The number of hydrazone groups is 1. The molecule has 1 amide bonds. The van der Waals surface area contributed by atoms with Gasteiger partial charge in [-0.1, -0.05) is 41.4 Å². The average molecular weight is 530 g/mol. The van der Waals surface area contributed by atoms with Crippen LogP contribution in [-0.2, 0) is 24.3 Å². The molecule has 11 heteroatoms. The van der Waals surface area contributed by atoms with Crippen molar-refractivity contribution < 1.29 is 27.5 Å². The monoisotopic (exact) mass is 529 g/mol. The van der Waals surface area contributed by atoms with Gasteiger partial charge in [0, 0.05) is 5.02 Å². The zero-order valence-corrected chi connectivity index (χ0v) is 21.1. The zero-order chi connectivity index (χ0) is 26.1.